The summed E-state index contributed by atoms with van der Waals surface area (Å²) in [6.07, 6.45) is 3.07. The lowest BCUT2D eigenvalue weighted by molar-refractivity contribution is 0.199. The van der Waals surface area contributed by atoms with Gasteiger partial charge in [-0.1, -0.05) is 17.7 Å². The lowest BCUT2D eigenvalue weighted by Crippen LogP contribution is -1.98. The molecule has 16 heavy (non-hydrogen) atoms. The second-order valence-corrected chi connectivity index (χ2v) is 4.13. The molecule has 0 spiro atoms. The molecule has 0 amide bonds. The first-order valence-corrected chi connectivity index (χ1v) is 5.45. The smallest absolute Gasteiger partial charge is 0.110 e. The Labute approximate surface area is 99.3 Å². The highest BCUT2D eigenvalue weighted by Crippen LogP contribution is 2.25. The van der Waals surface area contributed by atoms with E-state index in [1.807, 2.05) is 35.9 Å². The monoisotopic (exact) mass is 236 g/mol. The molecule has 1 aromatic carbocycles. The number of halogens is 1. The van der Waals surface area contributed by atoms with Gasteiger partial charge in [0.1, 0.15) is 5.82 Å². The Morgan fingerprint density at radius 1 is 1.44 bits per heavy atom. The third kappa shape index (κ3) is 1.96. The molecule has 0 aliphatic rings. The van der Waals surface area contributed by atoms with Gasteiger partial charge in [0.05, 0.1) is 6.10 Å². The fourth-order valence-corrected chi connectivity index (χ4v) is 1.99. The van der Waals surface area contributed by atoms with Crippen LogP contribution in [-0.2, 0) is 0 Å². The average Bonchev–Trinajstić information content (AvgIpc) is 2.63. The van der Waals surface area contributed by atoms with E-state index in [-0.39, 0.29) is 0 Å². The van der Waals surface area contributed by atoms with E-state index in [0.29, 0.717) is 5.02 Å². The Bertz CT molecular complexity index is 505. The summed E-state index contributed by atoms with van der Waals surface area (Å²) >= 11 is 6.10. The van der Waals surface area contributed by atoms with Gasteiger partial charge in [0.15, 0.2) is 0 Å². The number of rotatable bonds is 2. The summed E-state index contributed by atoms with van der Waals surface area (Å²) < 4.78 is 1.94. The van der Waals surface area contributed by atoms with Crippen molar-refractivity contribution in [2.75, 3.05) is 0 Å². The number of aliphatic hydroxyl groups is 1. The van der Waals surface area contributed by atoms with Crippen molar-refractivity contribution in [1.29, 1.82) is 0 Å². The Balaban J connectivity index is 2.46. The van der Waals surface area contributed by atoms with Gasteiger partial charge in [-0.2, -0.15) is 0 Å². The van der Waals surface area contributed by atoms with Gasteiger partial charge in [-0.15, -0.1) is 0 Å². The predicted molar refractivity (Wildman–Crippen MR) is 63.9 cm³/mol. The van der Waals surface area contributed by atoms with Crippen LogP contribution in [0.2, 0.25) is 5.02 Å². The molecule has 2 aromatic rings. The predicted octanol–water partition coefficient (Wildman–Crippen LogP) is 2.89. The molecule has 1 N–H and O–H groups in total. The summed E-state index contributed by atoms with van der Waals surface area (Å²) in [5.41, 5.74) is 1.69. The normalized spacial score (nSPS) is 12.8. The number of aromatic nitrogens is 2. The second-order valence-electron chi connectivity index (χ2n) is 3.73. The summed E-state index contributed by atoms with van der Waals surface area (Å²) in [4.78, 5) is 4.15. The molecule has 1 atom stereocenters. The third-order valence-electron chi connectivity index (χ3n) is 2.54. The Morgan fingerprint density at radius 2 is 2.19 bits per heavy atom. The Morgan fingerprint density at radius 3 is 2.69 bits per heavy atom. The minimum Gasteiger partial charge on any atom is -0.389 e. The molecular weight excluding hydrogens is 224 g/mol. The zero-order chi connectivity index (χ0) is 11.7. The minimum atomic E-state index is -0.551. The third-order valence-corrected chi connectivity index (χ3v) is 2.87. The minimum absolute atomic E-state index is 0.551. The van der Waals surface area contributed by atoms with Crippen molar-refractivity contribution >= 4 is 11.6 Å². The van der Waals surface area contributed by atoms with Crippen LogP contribution in [0, 0.1) is 6.92 Å². The summed E-state index contributed by atoms with van der Waals surface area (Å²) in [7, 11) is 0. The van der Waals surface area contributed by atoms with E-state index in [1.165, 1.54) is 0 Å². The van der Waals surface area contributed by atoms with Gasteiger partial charge in [-0.25, -0.2) is 4.98 Å². The molecule has 2 rings (SSSR count). The fraction of sp³-hybridized carbons (Fsp3) is 0.250. The quantitative estimate of drug-likeness (QED) is 0.871. The number of nitrogens with zero attached hydrogens (tertiary/aromatic N) is 2. The van der Waals surface area contributed by atoms with Crippen molar-refractivity contribution in [3.8, 4) is 5.69 Å². The Hall–Kier alpha value is -1.32. The van der Waals surface area contributed by atoms with E-state index in [2.05, 4.69) is 4.98 Å². The van der Waals surface area contributed by atoms with E-state index in [4.69, 9.17) is 11.6 Å². The number of hydrogen-bond acceptors (Lipinski definition) is 2. The SMILES string of the molecule is Cc1nccn1-c1ccc(C(C)O)c(Cl)c1. The summed E-state index contributed by atoms with van der Waals surface area (Å²) in [6.45, 7) is 3.62. The van der Waals surface area contributed by atoms with Gasteiger partial charge in [0.25, 0.3) is 0 Å². The van der Waals surface area contributed by atoms with Crippen LogP contribution >= 0.6 is 11.6 Å². The summed E-state index contributed by atoms with van der Waals surface area (Å²) in [5, 5.41) is 10.0. The van der Waals surface area contributed by atoms with Crippen LogP contribution in [0.4, 0.5) is 0 Å². The van der Waals surface area contributed by atoms with Crippen LogP contribution in [-0.4, -0.2) is 14.7 Å². The molecule has 0 saturated heterocycles. The molecule has 0 aliphatic heterocycles. The largest absolute Gasteiger partial charge is 0.389 e. The summed E-state index contributed by atoms with van der Waals surface area (Å²) in [6, 6.07) is 5.59. The van der Waals surface area contributed by atoms with E-state index < -0.39 is 6.10 Å². The van der Waals surface area contributed by atoms with E-state index in [9.17, 15) is 5.11 Å². The van der Waals surface area contributed by atoms with Crippen molar-refractivity contribution in [2.45, 2.75) is 20.0 Å². The molecule has 3 nitrogen and oxygen atoms in total. The molecule has 0 saturated carbocycles. The highest BCUT2D eigenvalue weighted by atomic mass is 35.5. The van der Waals surface area contributed by atoms with Gasteiger partial charge in [0, 0.05) is 23.1 Å². The highest BCUT2D eigenvalue weighted by Gasteiger charge is 2.08. The van der Waals surface area contributed by atoms with Crippen LogP contribution in [0.1, 0.15) is 24.4 Å². The van der Waals surface area contributed by atoms with E-state index in [0.717, 1.165) is 17.1 Å². The van der Waals surface area contributed by atoms with Crippen LogP contribution in [0.15, 0.2) is 30.6 Å². The van der Waals surface area contributed by atoms with Gasteiger partial charge >= 0.3 is 0 Å². The van der Waals surface area contributed by atoms with E-state index >= 15 is 0 Å². The number of aryl methyl sites for hydroxylation is 1. The molecule has 1 aromatic heterocycles. The molecule has 0 radical (unpaired) electrons. The lowest BCUT2D eigenvalue weighted by atomic mass is 10.1. The number of imidazole rings is 1. The van der Waals surface area contributed by atoms with Gasteiger partial charge in [-0.3, -0.25) is 0 Å². The zero-order valence-corrected chi connectivity index (χ0v) is 9.94. The lowest BCUT2D eigenvalue weighted by Gasteiger charge is -2.10. The number of benzene rings is 1. The molecule has 1 unspecified atom stereocenters. The van der Waals surface area contributed by atoms with Gasteiger partial charge in [-0.05, 0) is 31.5 Å². The summed E-state index contributed by atoms with van der Waals surface area (Å²) in [5.74, 6) is 0.904. The number of hydrogen-bond donors (Lipinski definition) is 1. The van der Waals surface area contributed by atoms with E-state index in [1.54, 1.807) is 13.1 Å². The van der Waals surface area contributed by atoms with Crippen LogP contribution in [0.5, 0.6) is 0 Å². The Kier molecular flexibility index (Phi) is 2.99. The van der Waals surface area contributed by atoms with Gasteiger partial charge in [0.2, 0.25) is 0 Å². The number of aliphatic hydroxyl groups excluding tert-OH is 1. The standard InChI is InChI=1S/C12H13ClN2O/c1-8(16)11-4-3-10(7-12(11)13)15-6-5-14-9(15)2/h3-8,16H,1-2H3. The first-order chi connectivity index (χ1) is 7.59. The first kappa shape index (κ1) is 11.2. The van der Waals surface area contributed by atoms with Crippen molar-refractivity contribution in [3.05, 3.63) is 47.0 Å². The van der Waals surface area contributed by atoms with Crippen molar-refractivity contribution < 1.29 is 5.11 Å². The molecule has 0 aliphatic carbocycles. The van der Waals surface area contributed by atoms with Crippen LogP contribution < -0.4 is 0 Å². The fourth-order valence-electron chi connectivity index (χ4n) is 1.66. The molecule has 4 heteroatoms. The molecule has 0 bridgehead atoms. The topological polar surface area (TPSA) is 38.0 Å². The van der Waals surface area contributed by atoms with Crippen LogP contribution in [0.25, 0.3) is 5.69 Å². The second kappa shape index (κ2) is 4.28. The highest BCUT2D eigenvalue weighted by molar-refractivity contribution is 6.31. The first-order valence-electron chi connectivity index (χ1n) is 5.07. The molecule has 1 heterocycles. The van der Waals surface area contributed by atoms with Gasteiger partial charge < -0.3 is 9.67 Å². The zero-order valence-electron chi connectivity index (χ0n) is 9.18. The molecular formula is C12H13ClN2O. The van der Waals surface area contributed by atoms with Crippen molar-refractivity contribution in [2.24, 2.45) is 0 Å². The maximum Gasteiger partial charge on any atom is 0.110 e. The van der Waals surface area contributed by atoms with Crippen molar-refractivity contribution in [1.82, 2.24) is 9.55 Å². The maximum absolute atomic E-state index is 9.48. The molecule has 84 valence electrons. The van der Waals surface area contributed by atoms with Crippen LogP contribution in [0.3, 0.4) is 0 Å². The van der Waals surface area contributed by atoms with Crippen molar-refractivity contribution in [3.63, 3.8) is 0 Å². The molecule has 0 fully saturated rings. The maximum atomic E-state index is 9.48. The average molecular weight is 237 g/mol.